The van der Waals surface area contributed by atoms with Crippen molar-refractivity contribution in [2.24, 2.45) is 0 Å². The van der Waals surface area contributed by atoms with E-state index in [-0.39, 0.29) is 41.6 Å². The Morgan fingerprint density at radius 3 is 2.35 bits per heavy atom. The Morgan fingerprint density at radius 1 is 1.13 bits per heavy atom. The number of carbonyl (C=O) groups is 2. The van der Waals surface area contributed by atoms with Gasteiger partial charge in [-0.25, -0.2) is 18.1 Å². The fourth-order valence-corrected chi connectivity index (χ4v) is 4.81. The molecule has 0 saturated carbocycles. The third-order valence-corrected chi connectivity index (χ3v) is 6.43. The molecule has 1 aromatic rings. The first kappa shape index (κ1) is 16.2. The van der Waals surface area contributed by atoms with Crippen LogP contribution in [0.2, 0.25) is 5.02 Å². The largest absolute Gasteiger partial charge is 0.439 e. The molecule has 7 nitrogen and oxygen atoms in total. The van der Waals surface area contributed by atoms with Crippen LogP contribution < -0.4 is 0 Å². The number of benzene rings is 1. The molecule has 9 heteroatoms. The summed E-state index contributed by atoms with van der Waals surface area (Å²) in [6, 6.07) is 5.95. The predicted molar refractivity (Wildman–Crippen MR) is 81.4 cm³/mol. The molecule has 0 aromatic heterocycles. The van der Waals surface area contributed by atoms with Gasteiger partial charge in [-0.05, 0) is 25.0 Å². The Bertz CT molecular complexity index is 727. The van der Waals surface area contributed by atoms with Gasteiger partial charge in [0.25, 0.3) is 5.91 Å². The lowest BCUT2D eigenvalue weighted by molar-refractivity contribution is -0.127. The van der Waals surface area contributed by atoms with Gasteiger partial charge in [-0.3, -0.25) is 4.79 Å². The summed E-state index contributed by atoms with van der Waals surface area (Å²) in [6.07, 6.45) is 0.108. The number of cyclic esters (lactones) is 1. The van der Waals surface area contributed by atoms with Crippen LogP contribution in [0.5, 0.6) is 0 Å². The number of hydrogen-bond donors (Lipinski definition) is 0. The molecule has 2 aliphatic heterocycles. The number of ether oxygens (including phenoxy) is 1. The Morgan fingerprint density at radius 2 is 1.78 bits per heavy atom. The number of rotatable bonds is 3. The minimum Gasteiger partial charge on any atom is -0.439 e. The second-order valence-electron chi connectivity index (χ2n) is 5.38. The molecule has 3 rings (SSSR count). The Hall–Kier alpha value is -1.64. The van der Waals surface area contributed by atoms with Crippen LogP contribution in [0.4, 0.5) is 4.79 Å². The molecule has 0 radical (unpaired) electrons. The molecule has 124 valence electrons. The number of nitrogens with zero attached hydrogens (tertiary/aromatic N) is 2. The molecular weight excluding hydrogens is 344 g/mol. The Labute approximate surface area is 138 Å². The number of hydrogen-bond acceptors (Lipinski definition) is 5. The minimum atomic E-state index is -3.68. The van der Waals surface area contributed by atoms with Crippen molar-refractivity contribution in [3.8, 4) is 0 Å². The zero-order valence-electron chi connectivity index (χ0n) is 12.1. The maximum Gasteiger partial charge on any atom is 0.417 e. The molecule has 0 unspecified atom stereocenters. The van der Waals surface area contributed by atoms with Crippen LogP contribution in [0.3, 0.4) is 0 Å². The molecule has 2 heterocycles. The molecule has 0 bridgehead atoms. The Balaban J connectivity index is 1.73. The maximum absolute atomic E-state index is 12.6. The van der Waals surface area contributed by atoms with Gasteiger partial charge in [-0.15, -0.1) is 0 Å². The highest BCUT2D eigenvalue weighted by Crippen LogP contribution is 2.28. The van der Waals surface area contributed by atoms with E-state index in [0.717, 1.165) is 4.90 Å². The van der Waals surface area contributed by atoms with E-state index in [0.29, 0.717) is 12.8 Å². The standard InChI is InChI=1S/C14H15ClN2O5S/c15-11-3-1-2-4-12(11)23(20,21)16-7-5-10(6-8-16)17-13(18)9-22-14(17)19/h1-4,10H,5-9H2. The Kier molecular flexibility index (Phi) is 4.31. The average Bonchev–Trinajstić information content (AvgIpc) is 2.86. The molecule has 1 aromatic carbocycles. The van der Waals surface area contributed by atoms with Crippen LogP contribution >= 0.6 is 11.6 Å². The lowest BCUT2D eigenvalue weighted by Gasteiger charge is -2.34. The van der Waals surface area contributed by atoms with Gasteiger partial charge in [0.2, 0.25) is 10.0 Å². The summed E-state index contributed by atoms with van der Waals surface area (Å²) >= 11 is 5.98. The van der Waals surface area contributed by atoms with Gasteiger partial charge in [0, 0.05) is 19.1 Å². The zero-order valence-corrected chi connectivity index (χ0v) is 13.7. The van der Waals surface area contributed by atoms with E-state index in [1.165, 1.54) is 16.4 Å². The minimum absolute atomic E-state index is 0.0665. The van der Waals surface area contributed by atoms with Crippen LogP contribution in [0.15, 0.2) is 29.2 Å². The van der Waals surface area contributed by atoms with Crippen molar-refractivity contribution in [3.05, 3.63) is 29.3 Å². The monoisotopic (exact) mass is 358 g/mol. The van der Waals surface area contributed by atoms with Crippen molar-refractivity contribution >= 4 is 33.6 Å². The van der Waals surface area contributed by atoms with Crippen LogP contribution in [0.25, 0.3) is 0 Å². The molecule has 23 heavy (non-hydrogen) atoms. The molecule has 0 atom stereocenters. The van der Waals surface area contributed by atoms with E-state index in [9.17, 15) is 18.0 Å². The smallest absolute Gasteiger partial charge is 0.417 e. The molecule has 2 amide bonds. The third kappa shape index (κ3) is 2.93. The van der Waals surface area contributed by atoms with Gasteiger partial charge in [-0.2, -0.15) is 4.31 Å². The summed E-state index contributed by atoms with van der Waals surface area (Å²) in [5.41, 5.74) is 0. The van der Waals surface area contributed by atoms with Crippen LogP contribution in [0.1, 0.15) is 12.8 Å². The second kappa shape index (κ2) is 6.10. The number of halogens is 1. The summed E-state index contributed by atoms with van der Waals surface area (Å²) in [5.74, 6) is -0.373. The fourth-order valence-electron chi connectivity index (χ4n) is 2.85. The summed E-state index contributed by atoms with van der Waals surface area (Å²) in [5, 5.41) is 0.174. The maximum atomic E-state index is 12.6. The number of amides is 2. The SMILES string of the molecule is O=C1COC(=O)N1C1CCN(S(=O)(=O)c2ccccc2Cl)CC1. The van der Waals surface area contributed by atoms with E-state index in [4.69, 9.17) is 16.3 Å². The van der Waals surface area contributed by atoms with E-state index < -0.39 is 16.1 Å². The quantitative estimate of drug-likeness (QED) is 0.817. The summed E-state index contributed by atoms with van der Waals surface area (Å²) in [7, 11) is -3.68. The molecule has 2 fully saturated rings. The number of sulfonamides is 1. The zero-order chi connectivity index (χ0) is 16.6. The number of imide groups is 1. The van der Waals surface area contributed by atoms with Crippen molar-refractivity contribution in [2.45, 2.75) is 23.8 Å². The molecule has 2 aliphatic rings. The van der Waals surface area contributed by atoms with Gasteiger partial charge in [-0.1, -0.05) is 23.7 Å². The van der Waals surface area contributed by atoms with Crippen molar-refractivity contribution < 1.29 is 22.7 Å². The van der Waals surface area contributed by atoms with Crippen LogP contribution in [0, 0.1) is 0 Å². The first-order valence-electron chi connectivity index (χ1n) is 7.15. The highest BCUT2D eigenvalue weighted by atomic mass is 35.5. The number of carbonyl (C=O) groups excluding carboxylic acids is 2. The first-order chi connectivity index (χ1) is 10.9. The third-order valence-electron chi connectivity index (χ3n) is 4.03. The van der Waals surface area contributed by atoms with Crippen molar-refractivity contribution in [2.75, 3.05) is 19.7 Å². The van der Waals surface area contributed by atoms with Crippen LogP contribution in [-0.4, -0.2) is 55.4 Å². The van der Waals surface area contributed by atoms with E-state index in [1.807, 2.05) is 0 Å². The number of piperidine rings is 1. The topological polar surface area (TPSA) is 84.0 Å². The second-order valence-corrected chi connectivity index (χ2v) is 7.70. The van der Waals surface area contributed by atoms with Gasteiger partial charge in [0.1, 0.15) is 4.90 Å². The highest BCUT2D eigenvalue weighted by molar-refractivity contribution is 7.89. The van der Waals surface area contributed by atoms with Gasteiger partial charge < -0.3 is 4.74 Å². The lowest BCUT2D eigenvalue weighted by atomic mass is 10.1. The summed E-state index contributed by atoms with van der Waals surface area (Å²) < 4.78 is 31.3. The lowest BCUT2D eigenvalue weighted by Crippen LogP contribution is -2.48. The molecule has 0 N–H and O–H groups in total. The summed E-state index contributed by atoms with van der Waals surface area (Å²) in [4.78, 5) is 24.4. The predicted octanol–water partition coefficient (Wildman–Crippen LogP) is 1.47. The normalized spacial score (nSPS) is 20.8. The van der Waals surface area contributed by atoms with E-state index >= 15 is 0 Å². The van der Waals surface area contributed by atoms with Gasteiger partial charge in [0.05, 0.1) is 5.02 Å². The van der Waals surface area contributed by atoms with Crippen LogP contribution in [-0.2, 0) is 19.6 Å². The van der Waals surface area contributed by atoms with E-state index in [1.54, 1.807) is 12.1 Å². The molecular formula is C14H15ClN2O5S. The molecule has 0 spiro atoms. The molecule has 0 aliphatic carbocycles. The highest BCUT2D eigenvalue weighted by Gasteiger charge is 2.40. The fraction of sp³-hybridized carbons (Fsp3) is 0.429. The molecule has 2 saturated heterocycles. The van der Waals surface area contributed by atoms with Crippen molar-refractivity contribution in [1.82, 2.24) is 9.21 Å². The average molecular weight is 359 g/mol. The van der Waals surface area contributed by atoms with Crippen molar-refractivity contribution in [1.29, 1.82) is 0 Å². The first-order valence-corrected chi connectivity index (χ1v) is 8.96. The van der Waals surface area contributed by atoms with Gasteiger partial charge in [0.15, 0.2) is 6.61 Å². The van der Waals surface area contributed by atoms with E-state index in [2.05, 4.69) is 0 Å². The van der Waals surface area contributed by atoms with Gasteiger partial charge >= 0.3 is 6.09 Å². The summed E-state index contributed by atoms with van der Waals surface area (Å²) in [6.45, 7) is 0.196. The van der Waals surface area contributed by atoms with Crippen molar-refractivity contribution in [3.63, 3.8) is 0 Å².